The molecule has 0 aromatic carbocycles. The Morgan fingerprint density at radius 1 is 1.00 bits per heavy atom. The summed E-state index contributed by atoms with van der Waals surface area (Å²) in [6.45, 7) is 10.9. The van der Waals surface area contributed by atoms with Crippen LogP contribution in [0.5, 0.6) is 0 Å². The summed E-state index contributed by atoms with van der Waals surface area (Å²) < 4.78 is 4.49. The smallest absolute Gasteiger partial charge is 0.313 e. The van der Waals surface area contributed by atoms with Gasteiger partial charge in [-0.25, -0.2) is 0 Å². The lowest BCUT2D eigenvalue weighted by atomic mass is 10.3. The molecule has 0 amide bonds. The molecule has 0 aliphatic rings. The predicted octanol–water partition coefficient (Wildman–Crippen LogP) is 0.899. The van der Waals surface area contributed by atoms with E-state index in [1.165, 1.54) is 6.92 Å². The monoisotopic (exact) mass is 308 g/mol. The van der Waals surface area contributed by atoms with Crippen molar-refractivity contribution >= 4 is 29.1 Å². The summed E-state index contributed by atoms with van der Waals surface area (Å²) in [7, 11) is 0. The summed E-state index contributed by atoms with van der Waals surface area (Å²) in [5, 5.41) is 16.7. The molecule has 2 unspecified atom stereocenters. The maximum Gasteiger partial charge on any atom is 0.313 e. The van der Waals surface area contributed by atoms with Gasteiger partial charge in [0, 0.05) is 0 Å². The first kappa shape index (κ1) is 27.9. The Hall–Kier alpha value is -0.408. The standard InChI is InChI=1S/C6H10O3.2C4H10O.Al.3H/c1-3-9-6(8)4-5(2)7;2*1-3-4(2)5;;;;/h3-4H2,1-2H3;2*4-5H,3H2,1-2H3;;;;. The minimum atomic E-state index is -0.440. The van der Waals surface area contributed by atoms with Crippen molar-refractivity contribution in [1.29, 1.82) is 0 Å². The molecule has 2 N–H and O–H groups in total. The second kappa shape index (κ2) is 20.9. The van der Waals surface area contributed by atoms with E-state index in [9.17, 15) is 9.59 Å². The van der Waals surface area contributed by atoms with Gasteiger partial charge in [-0.1, -0.05) is 13.8 Å². The Morgan fingerprint density at radius 3 is 1.45 bits per heavy atom. The zero-order chi connectivity index (χ0) is 15.8. The minimum Gasteiger partial charge on any atom is -0.466 e. The second-order valence-electron chi connectivity index (χ2n) is 4.20. The molecule has 0 saturated carbocycles. The first-order valence-electron chi connectivity index (χ1n) is 6.72. The number of rotatable bonds is 5. The highest BCUT2D eigenvalue weighted by atomic mass is 27.0. The highest BCUT2D eigenvalue weighted by Crippen LogP contribution is 1.86. The molecule has 20 heavy (non-hydrogen) atoms. The minimum absolute atomic E-state index is 0. The molecule has 0 aliphatic carbocycles. The van der Waals surface area contributed by atoms with E-state index in [1.54, 1.807) is 20.8 Å². The van der Waals surface area contributed by atoms with E-state index in [4.69, 9.17) is 10.2 Å². The molecule has 5 nitrogen and oxygen atoms in total. The van der Waals surface area contributed by atoms with Crippen molar-refractivity contribution in [3.8, 4) is 0 Å². The molecule has 0 bridgehead atoms. The normalized spacial score (nSPS) is 11.4. The molecule has 0 aromatic heterocycles. The van der Waals surface area contributed by atoms with E-state index in [1.807, 2.05) is 13.8 Å². The Labute approximate surface area is 133 Å². The maximum absolute atomic E-state index is 10.4. The molecule has 6 heteroatoms. The lowest BCUT2D eigenvalue weighted by Crippen LogP contribution is -2.07. The van der Waals surface area contributed by atoms with E-state index in [-0.39, 0.29) is 41.8 Å². The summed E-state index contributed by atoms with van der Waals surface area (Å²) >= 11 is 0. The largest absolute Gasteiger partial charge is 0.466 e. The summed E-state index contributed by atoms with van der Waals surface area (Å²) in [4.78, 5) is 20.6. The summed E-state index contributed by atoms with van der Waals surface area (Å²) in [6.07, 6.45) is 1.39. The molecule has 122 valence electrons. The summed E-state index contributed by atoms with van der Waals surface area (Å²) in [5.74, 6) is -0.599. The van der Waals surface area contributed by atoms with Crippen molar-refractivity contribution in [3.05, 3.63) is 0 Å². The lowest BCUT2D eigenvalue weighted by molar-refractivity contribution is -0.145. The van der Waals surface area contributed by atoms with Crippen LogP contribution >= 0.6 is 0 Å². The third kappa shape index (κ3) is 43.2. The number of aliphatic hydroxyl groups excluding tert-OH is 2. The molecular weight excluding hydrogens is 275 g/mol. The Morgan fingerprint density at radius 2 is 1.30 bits per heavy atom. The number of Topliss-reactive ketones (excluding diaryl/α,β-unsaturated/α-hetero) is 1. The first-order chi connectivity index (χ1) is 8.70. The SMILES string of the molecule is CCC(C)O.CCC(C)O.CCOC(=O)CC(C)=O.[AlH3]. The third-order valence-electron chi connectivity index (χ3n) is 1.88. The van der Waals surface area contributed by atoms with Gasteiger partial charge in [-0.15, -0.1) is 0 Å². The Balaban J connectivity index is -0.000000101. The van der Waals surface area contributed by atoms with Crippen molar-refractivity contribution in [3.63, 3.8) is 0 Å². The van der Waals surface area contributed by atoms with Crippen LogP contribution in [0.3, 0.4) is 0 Å². The fourth-order valence-electron chi connectivity index (χ4n) is 0.415. The lowest BCUT2D eigenvalue weighted by Gasteiger charge is -1.96. The van der Waals surface area contributed by atoms with Gasteiger partial charge in [0.1, 0.15) is 12.2 Å². The molecule has 0 fully saturated rings. The third-order valence-corrected chi connectivity index (χ3v) is 1.88. The number of carbonyl (C=O) groups is 2. The van der Waals surface area contributed by atoms with Crippen LogP contribution in [-0.4, -0.2) is 58.1 Å². The first-order valence-corrected chi connectivity index (χ1v) is 6.72. The molecule has 0 saturated heterocycles. The Kier molecular flexibility index (Phi) is 29.1. The van der Waals surface area contributed by atoms with E-state index < -0.39 is 5.97 Å². The number of ketones is 1. The number of aliphatic hydroxyl groups is 2. The number of ether oxygens (including phenoxy) is 1. The molecule has 0 rings (SSSR count). The van der Waals surface area contributed by atoms with Gasteiger partial charge >= 0.3 is 5.97 Å². The molecular formula is C14H33AlO5. The molecule has 2 atom stereocenters. The van der Waals surface area contributed by atoms with Gasteiger partial charge in [-0.05, 0) is 40.5 Å². The van der Waals surface area contributed by atoms with Gasteiger partial charge in [0.05, 0.1) is 18.8 Å². The van der Waals surface area contributed by atoms with E-state index in [0.717, 1.165) is 12.8 Å². The van der Waals surface area contributed by atoms with Crippen molar-refractivity contribution in [1.82, 2.24) is 0 Å². The van der Waals surface area contributed by atoms with Crippen LogP contribution in [0, 0.1) is 0 Å². The molecule has 0 heterocycles. The predicted molar refractivity (Wildman–Crippen MR) is 85.8 cm³/mol. The zero-order valence-corrected chi connectivity index (χ0v) is 13.1. The summed E-state index contributed by atoms with van der Waals surface area (Å²) in [5.41, 5.74) is 0. The van der Waals surface area contributed by atoms with Gasteiger partial charge in [0.25, 0.3) is 0 Å². The fourth-order valence-corrected chi connectivity index (χ4v) is 0.415. The fraction of sp³-hybridized carbons (Fsp3) is 0.857. The van der Waals surface area contributed by atoms with Gasteiger partial charge in [-0.2, -0.15) is 0 Å². The average Bonchev–Trinajstić information content (AvgIpc) is 2.29. The van der Waals surface area contributed by atoms with Crippen molar-refractivity contribution in [2.75, 3.05) is 6.61 Å². The van der Waals surface area contributed by atoms with Crippen LogP contribution in [0.2, 0.25) is 0 Å². The molecule has 0 radical (unpaired) electrons. The number of hydrogen-bond acceptors (Lipinski definition) is 5. The van der Waals surface area contributed by atoms with Crippen LogP contribution in [-0.2, 0) is 14.3 Å². The zero-order valence-electron chi connectivity index (χ0n) is 13.1. The van der Waals surface area contributed by atoms with E-state index in [0.29, 0.717) is 6.61 Å². The number of esters is 1. The van der Waals surface area contributed by atoms with Crippen molar-refractivity contribution in [2.24, 2.45) is 0 Å². The number of carbonyl (C=O) groups excluding carboxylic acids is 2. The van der Waals surface area contributed by atoms with Crippen LogP contribution in [0.4, 0.5) is 0 Å². The topological polar surface area (TPSA) is 83.8 Å². The van der Waals surface area contributed by atoms with E-state index >= 15 is 0 Å². The average molecular weight is 308 g/mol. The van der Waals surface area contributed by atoms with Gasteiger partial charge in [0.15, 0.2) is 17.4 Å². The van der Waals surface area contributed by atoms with Crippen molar-refractivity contribution in [2.45, 2.75) is 73.0 Å². The summed E-state index contributed by atoms with van der Waals surface area (Å²) in [6, 6.07) is 0. The maximum atomic E-state index is 10.4. The van der Waals surface area contributed by atoms with Crippen LogP contribution in [0.1, 0.15) is 60.8 Å². The van der Waals surface area contributed by atoms with Gasteiger partial charge in [0.2, 0.25) is 0 Å². The highest BCUT2D eigenvalue weighted by molar-refractivity contribution is 5.94. The number of hydrogen-bond donors (Lipinski definition) is 2. The highest BCUT2D eigenvalue weighted by Gasteiger charge is 2.03. The second-order valence-corrected chi connectivity index (χ2v) is 4.20. The van der Waals surface area contributed by atoms with Crippen LogP contribution < -0.4 is 0 Å². The quantitative estimate of drug-likeness (QED) is 0.448. The van der Waals surface area contributed by atoms with Gasteiger partial charge in [-0.3, -0.25) is 9.59 Å². The van der Waals surface area contributed by atoms with Crippen LogP contribution in [0.15, 0.2) is 0 Å². The molecule has 0 aromatic rings. The van der Waals surface area contributed by atoms with Gasteiger partial charge < -0.3 is 14.9 Å². The van der Waals surface area contributed by atoms with Crippen LogP contribution in [0.25, 0.3) is 0 Å². The molecule has 0 aliphatic heterocycles. The molecule has 0 spiro atoms. The Bertz CT molecular complexity index is 210. The van der Waals surface area contributed by atoms with Crippen molar-refractivity contribution < 1.29 is 24.5 Å². The van der Waals surface area contributed by atoms with E-state index in [2.05, 4.69) is 4.74 Å².